The van der Waals surface area contributed by atoms with Gasteiger partial charge in [-0.3, -0.25) is 0 Å². The van der Waals surface area contributed by atoms with Crippen molar-refractivity contribution < 1.29 is 9.90 Å². The molecule has 1 aromatic heterocycles. The number of benzene rings is 1. The van der Waals surface area contributed by atoms with Crippen LogP contribution in [0.5, 0.6) is 0 Å². The number of H-pyrrole nitrogens is 1. The number of carboxylic acids is 1. The normalized spacial score (nSPS) is 10.3. The molecule has 0 fully saturated rings. The van der Waals surface area contributed by atoms with Gasteiger partial charge in [-0.05, 0) is 48.7 Å². The van der Waals surface area contributed by atoms with Crippen molar-refractivity contribution in [1.29, 1.82) is 0 Å². The average Bonchev–Trinajstić information content (AvgIpc) is 2.32. The fourth-order valence-electron chi connectivity index (χ4n) is 1.72. The van der Waals surface area contributed by atoms with Crippen LogP contribution in [0.2, 0.25) is 0 Å². The smallest absolute Gasteiger partial charge is 0.338 e. The molecule has 0 radical (unpaired) electrons. The molecule has 1 heterocycles. The molecule has 2 rings (SSSR count). The highest BCUT2D eigenvalue weighted by atomic mass is 32.1. The molecular formula is C14H13NO2S. The van der Waals surface area contributed by atoms with Crippen molar-refractivity contribution in [2.24, 2.45) is 0 Å². The maximum absolute atomic E-state index is 10.9. The molecule has 1 aromatic carbocycles. The first-order chi connectivity index (χ1) is 8.49. The van der Waals surface area contributed by atoms with Crippen molar-refractivity contribution in [3.8, 4) is 11.3 Å². The van der Waals surface area contributed by atoms with Crippen LogP contribution in [0.4, 0.5) is 0 Å². The highest BCUT2D eigenvalue weighted by Crippen LogP contribution is 2.20. The Morgan fingerprint density at radius 2 is 1.89 bits per heavy atom. The molecular weight excluding hydrogens is 246 g/mol. The molecule has 4 heteroatoms. The topological polar surface area (TPSA) is 53.1 Å². The number of pyridine rings is 1. The minimum atomic E-state index is -1.01. The standard InChI is InChI=1S/C14H13NO2S/c1-8-3-4-10(7-9(8)2)12-6-5-11(14(16)17)13(18)15-12/h3-7H,1-2H3,(H,15,18)(H,16,17). The van der Waals surface area contributed by atoms with E-state index in [9.17, 15) is 4.79 Å². The van der Waals surface area contributed by atoms with Gasteiger partial charge in [0.1, 0.15) is 4.64 Å². The molecule has 0 aliphatic carbocycles. The number of aromatic carboxylic acids is 1. The molecule has 0 bridgehead atoms. The van der Waals surface area contributed by atoms with Crippen molar-refractivity contribution >= 4 is 18.2 Å². The van der Waals surface area contributed by atoms with Gasteiger partial charge >= 0.3 is 5.97 Å². The van der Waals surface area contributed by atoms with Gasteiger partial charge in [0.25, 0.3) is 0 Å². The van der Waals surface area contributed by atoms with Gasteiger partial charge < -0.3 is 10.1 Å². The number of hydrogen-bond donors (Lipinski definition) is 2. The van der Waals surface area contributed by atoms with Crippen molar-refractivity contribution in [2.45, 2.75) is 13.8 Å². The number of aromatic amines is 1. The van der Waals surface area contributed by atoms with Gasteiger partial charge in [-0.2, -0.15) is 0 Å². The molecule has 92 valence electrons. The van der Waals surface area contributed by atoms with Crippen LogP contribution in [0.25, 0.3) is 11.3 Å². The molecule has 0 atom stereocenters. The summed E-state index contributed by atoms with van der Waals surface area (Å²) in [4.78, 5) is 13.8. The van der Waals surface area contributed by atoms with E-state index < -0.39 is 5.97 Å². The van der Waals surface area contributed by atoms with Crippen molar-refractivity contribution in [2.75, 3.05) is 0 Å². The Hall–Kier alpha value is -1.94. The molecule has 0 amide bonds. The SMILES string of the molecule is Cc1ccc(-c2ccc(C(=O)O)c(=S)[nH]2)cc1C. The van der Waals surface area contributed by atoms with Crippen LogP contribution < -0.4 is 0 Å². The number of aryl methyl sites for hydroxylation is 2. The minimum absolute atomic E-state index is 0.123. The predicted octanol–water partition coefficient (Wildman–Crippen LogP) is 3.73. The van der Waals surface area contributed by atoms with E-state index in [0.717, 1.165) is 11.3 Å². The molecule has 18 heavy (non-hydrogen) atoms. The molecule has 0 saturated carbocycles. The van der Waals surface area contributed by atoms with Crippen LogP contribution in [0.3, 0.4) is 0 Å². The van der Waals surface area contributed by atoms with E-state index in [2.05, 4.69) is 18.0 Å². The monoisotopic (exact) mass is 259 g/mol. The molecule has 0 spiro atoms. The molecule has 2 aromatic rings. The highest BCUT2D eigenvalue weighted by Gasteiger charge is 2.07. The average molecular weight is 259 g/mol. The maximum Gasteiger partial charge on any atom is 0.338 e. The zero-order valence-corrected chi connectivity index (χ0v) is 11.0. The second-order valence-corrected chi connectivity index (χ2v) is 4.63. The number of rotatable bonds is 2. The largest absolute Gasteiger partial charge is 0.478 e. The van der Waals surface area contributed by atoms with Crippen LogP contribution in [0.1, 0.15) is 21.5 Å². The first kappa shape index (κ1) is 12.5. The molecule has 0 saturated heterocycles. The number of carbonyl (C=O) groups is 1. The summed E-state index contributed by atoms with van der Waals surface area (Å²) in [5, 5.41) is 8.92. The van der Waals surface area contributed by atoms with Gasteiger partial charge in [-0.1, -0.05) is 24.4 Å². The van der Waals surface area contributed by atoms with Gasteiger partial charge in [0.15, 0.2) is 0 Å². The third kappa shape index (κ3) is 2.33. The van der Waals surface area contributed by atoms with Crippen LogP contribution in [0, 0.1) is 18.5 Å². The minimum Gasteiger partial charge on any atom is -0.478 e. The summed E-state index contributed by atoms with van der Waals surface area (Å²) in [7, 11) is 0. The van der Waals surface area contributed by atoms with Gasteiger partial charge in [0.05, 0.1) is 5.56 Å². The number of carboxylic acid groups (broad SMARTS) is 1. The fraction of sp³-hybridized carbons (Fsp3) is 0.143. The molecule has 0 aliphatic heterocycles. The lowest BCUT2D eigenvalue weighted by Gasteiger charge is -2.06. The third-order valence-electron chi connectivity index (χ3n) is 2.96. The number of hydrogen-bond acceptors (Lipinski definition) is 2. The number of aromatic nitrogens is 1. The zero-order chi connectivity index (χ0) is 13.3. The Balaban J connectivity index is 2.52. The van der Waals surface area contributed by atoms with Gasteiger partial charge in [0.2, 0.25) is 0 Å². The van der Waals surface area contributed by atoms with E-state index in [1.807, 2.05) is 19.1 Å². The third-order valence-corrected chi connectivity index (χ3v) is 3.28. The lowest BCUT2D eigenvalue weighted by molar-refractivity contribution is 0.0696. The summed E-state index contributed by atoms with van der Waals surface area (Å²) in [6.07, 6.45) is 0. The molecule has 0 unspecified atom stereocenters. The van der Waals surface area contributed by atoms with E-state index in [1.165, 1.54) is 17.2 Å². The highest BCUT2D eigenvalue weighted by molar-refractivity contribution is 7.71. The fourth-order valence-corrected chi connectivity index (χ4v) is 1.98. The van der Waals surface area contributed by atoms with E-state index in [4.69, 9.17) is 17.3 Å². The predicted molar refractivity (Wildman–Crippen MR) is 73.5 cm³/mol. The molecule has 0 aliphatic rings. The van der Waals surface area contributed by atoms with E-state index >= 15 is 0 Å². The summed E-state index contributed by atoms with van der Waals surface area (Å²) >= 11 is 5.04. The second kappa shape index (κ2) is 4.74. The first-order valence-corrected chi connectivity index (χ1v) is 5.94. The van der Waals surface area contributed by atoms with Gasteiger partial charge in [-0.25, -0.2) is 4.79 Å². The second-order valence-electron chi connectivity index (χ2n) is 4.22. The van der Waals surface area contributed by atoms with Gasteiger partial charge in [-0.15, -0.1) is 0 Å². The van der Waals surface area contributed by atoms with Crippen LogP contribution in [-0.4, -0.2) is 16.1 Å². The summed E-state index contributed by atoms with van der Waals surface area (Å²) in [5.74, 6) is -1.01. The Morgan fingerprint density at radius 3 is 2.44 bits per heavy atom. The summed E-state index contributed by atoms with van der Waals surface area (Å²) < 4.78 is 0.248. The lowest BCUT2D eigenvalue weighted by atomic mass is 10.0. The van der Waals surface area contributed by atoms with E-state index in [1.54, 1.807) is 6.07 Å². The Morgan fingerprint density at radius 1 is 1.17 bits per heavy atom. The lowest BCUT2D eigenvalue weighted by Crippen LogP contribution is -1.99. The molecule has 3 nitrogen and oxygen atoms in total. The van der Waals surface area contributed by atoms with Crippen LogP contribution in [-0.2, 0) is 0 Å². The Bertz CT molecular complexity index is 674. The quantitative estimate of drug-likeness (QED) is 0.808. The zero-order valence-electron chi connectivity index (χ0n) is 10.2. The van der Waals surface area contributed by atoms with Crippen LogP contribution >= 0.6 is 12.2 Å². The van der Waals surface area contributed by atoms with Crippen molar-refractivity contribution in [3.63, 3.8) is 0 Å². The Kier molecular flexibility index (Phi) is 3.30. The van der Waals surface area contributed by atoms with Gasteiger partial charge in [0, 0.05) is 5.69 Å². The molecule has 2 N–H and O–H groups in total. The van der Waals surface area contributed by atoms with Crippen LogP contribution in [0.15, 0.2) is 30.3 Å². The van der Waals surface area contributed by atoms with E-state index in [-0.39, 0.29) is 10.2 Å². The van der Waals surface area contributed by atoms with Crippen molar-refractivity contribution in [1.82, 2.24) is 4.98 Å². The number of nitrogens with one attached hydrogen (secondary N) is 1. The first-order valence-electron chi connectivity index (χ1n) is 5.53. The summed E-state index contributed by atoms with van der Waals surface area (Å²) in [5.41, 5.74) is 4.36. The van der Waals surface area contributed by atoms with E-state index in [0.29, 0.717) is 0 Å². The Labute approximate surface area is 110 Å². The summed E-state index contributed by atoms with van der Waals surface area (Å²) in [6, 6.07) is 9.35. The van der Waals surface area contributed by atoms with Crippen molar-refractivity contribution in [3.05, 3.63) is 51.7 Å². The summed E-state index contributed by atoms with van der Waals surface area (Å²) in [6.45, 7) is 4.09. The maximum atomic E-state index is 10.9.